The Balaban J connectivity index is 2.26. The average molecular weight is 290 g/mol. The number of hydrogen-bond acceptors (Lipinski definition) is 3. The molecule has 0 bridgehead atoms. The Morgan fingerprint density at radius 2 is 2.19 bits per heavy atom. The van der Waals surface area contributed by atoms with Crippen LogP contribution >= 0.6 is 0 Å². The van der Waals surface area contributed by atoms with Gasteiger partial charge in [0.15, 0.2) is 0 Å². The highest BCUT2D eigenvalue weighted by molar-refractivity contribution is 5.85. The van der Waals surface area contributed by atoms with E-state index in [4.69, 9.17) is 9.84 Å². The summed E-state index contributed by atoms with van der Waals surface area (Å²) in [4.78, 5) is 26.0. The molecule has 0 unspecified atom stereocenters. The highest BCUT2D eigenvalue weighted by Crippen LogP contribution is 2.22. The molecule has 1 heterocycles. The molecule has 0 radical (unpaired) electrons. The van der Waals surface area contributed by atoms with Crippen molar-refractivity contribution in [1.29, 1.82) is 0 Å². The molecule has 1 aromatic carbocycles. The van der Waals surface area contributed by atoms with Crippen molar-refractivity contribution >= 4 is 18.1 Å². The molecule has 6 heteroatoms. The molecular formula is C15H18N2O4. The number of urea groups is 1. The summed E-state index contributed by atoms with van der Waals surface area (Å²) in [6, 6.07) is 5.36. The largest absolute Gasteiger partial charge is 0.497 e. The van der Waals surface area contributed by atoms with E-state index in [1.54, 1.807) is 36.1 Å². The molecule has 21 heavy (non-hydrogen) atoms. The smallest absolute Gasteiger partial charge is 0.328 e. The van der Waals surface area contributed by atoms with Crippen LogP contribution in [-0.2, 0) is 11.3 Å². The zero-order valence-electron chi connectivity index (χ0n) is 12.1. The monoisotopic (exact) mass is 290 g/mol. The number of methoxy groups -OCH3 is 1. The van der Waals surface area contributed by atoms with Crippen LogP contribution in [0.4, 0.5) is 4.79 Å². The van der Waals surface area contributed by atoms with Crippen molar-refractivity contribution in [2.24, 2.45) is 0 Å². The van der Waals surface area contributed by atoms with Crippen molar-refractivity contribution in [3.8, 4) is 5.75 Å². The molecule has 1 saturated heterocycles. The summed E-state index contributed by atoms with van der Waals surface area (Å²) in [5.74, 6) is -0.328. The van der Waals surface area contributed by atoms with Gasteiger partial charge in [-0.05, 0) is 29.3 Å². The third-order valence-corrected chi connectivity index (χ3v) is 3.42. The normalized spacial score (nSPS) is 15.0. The minimum Gasteiger partial charge on any atom is -0.497 e. The zero-order valence-corrected chi connectivity index (χ0v) is 12.1. The van der Waals surface area contributed by atoms with Gasteiger partial charge in [0, 0.05) is 32.8 Å². The van der Waals surface area contributed by atoms with Gasteiger partial charge in [-0.25, -0.2) is 9.59 Å². The lowest BCUT2D eigenvalue weighted by Gasteiger charge is -2.18. The first kappa shape index (κ1) is 14.9. The van der Waals surface area contributed by atoms with Gasteiger partial charge in [0.2, 0.25) is 0 Å². The molecule has 1 fully saturated rings. The van der Waals surface area contributed by atoms with E-state index in [2.05, 4.69) is 0 Å². The molecule has 1 aromatic rings. The Kier molecular flexibility index (Phi) is 4.47. The summed E-state index contributed by atoms with van der Waals surface area (Å²) in [6.07, 6.45) is 2.62. The lowest BCUT2D eigenvalue weighted by atomic mass is 10.1. The predicted octanol–water partition coefficient (Wildman–Crippen LogP) is 1.66. The quantitative estimate of drug-likeness (QED) is 0.837. The van der Waals surface area contributed by atoms with E-state index < -0.39 is 5.97 Å². The summed E-state index contributed by atoms with van der Waals surface area (Å²) in [5.41, 5.74) is 1.62. The molecule has 0 saturated carbocycles. The number of carboxylic acids is 1. The minimum absolute atomic E-state index is 0.0222. The second kappa shape index (κ2) is 6.30. The van der Waals surface area contributed by atoms with Crippen molar-refractivity contribution in [1.82, 2.24) is 9.80 Å². The van der Waals surface area contributed by atoms with Crippen molar-refractivity contribution in [3.63, 3.8) is 0 Å². The number of likely N-dealkylation sites (N-methyl/N-ethyl adjacent to an activating group) is 1. The van der Waals surface area contributed by atoms with E-state index in [-0.39, 0.29) is 6.03 Å². The minimum atomic E-state index is -1.01. The fraction of sp³-hybridized carbons (Fsp3) is 0.333. The van der Waals surface area contributed by atoms with E-state index in [1.807, 2.05) is 6.07 Å². The Bertz CT molecular complexity index is 583. The lowest BCUT2D eigenvalue weighted by molar-refractivity contribution is -0.131. The SMILES string of the molecule is COc1ccc(C=CC(=O)O)c(CN2CCN(C)C2=O)c1. The van der Waals surface area contributed by atoms with E-state index >= 15 is 0 Å². The van der Waals surface area contributed by atoms with Crippen molar-refractivity contribution in [3.05, 3.63) is 35.4 Å². The van der Waals surface area contributed by atoms with Gasteiger partial charge in [0.25, 0.3) is 0 Å². The standard InChI is InChI=1S/C15H18N2O4/c1-16-7-8-17(15(16)20)10-12-9-13(21-2)5-3-11(12)4-6-14(18)19/h3-6,9H,7-8,10H2,1-2H3,(H,18,19). The summed E-state index contributed by atoms with van der Waals surface area (Å²) < 4.78 is 5.19. The van der Waals surface area contributed by atoms with Crippen molar-refractivity contribution in [2.75, 3.05) is 27.2 Å². The molecule has 112 valence electrons. The third kappa shape index (κ3) is 3.53. The second-order valence-electron chi connectivity index (χ2n) is 4.86. The van der Waals surface area contributed by atoms with Gasteiger partial charge in [-0.1, -0.05) is 6.07 Å². The van der Waals surface area contributed by atoms with Gasteiger partial charge < -0.3 is 19.6 Å². The maximum atomic E-state index is 11.9. The van der Waals surface area contributed by atoms with Crippen LogP contribution in [0.1, 0.15) is 11.1 Å². The molecule has 1 aliphatic heterocycles. The van der Waals surface area contributed by atoms with Crippen LogP contribution in [0.25, 0.3) is 6.08 Å². The molecule has 2 amide bonds. The van der Waals surface area contributed by atoms with E-state index in [9.17, 15) is 9.59 Å². The number of ether oxygens (including phenoxy) is 1. The van der Waals surface area contributed by atoms with Crippen molar-refractivity contribution in [2.45, 2.75) is 6.54 Å². The lowest BCUT2D eigenvalue weighted by Crippen LogP contribution is -2.29. The van der Waals surface area contributed by atoms with Crippen LogP contribution in [0.2, 0.25) is 0 Å². The molecule has 1 N–H and O–H groups in total. The number of nitrogens with zero attached hydrogens (tertiary/aromatic N) is 2. The van der Waals surface area contributed by atoms with E-state index in [0.29, 0.717) is 25.4 Å². The zero-order chi connectivity index (χ0) is 15.4. The number of rotatable bonds is 5. The van der Waals surface area contributed by atoms with Gasteiger partial charge in [-0.15, -0.1) is 0 Å². The highest BCUT2D eigenvalue weighted by atomic mass is 16.5. The molecular weight excluding hydrogens is 272 g/mol. The Labute approximate surface area is 123 Å². The molecule has 0 aliphatic carbocycles. The van der Waals surface area contributed by atoms with Gasteiger partial charge >= 0.3 is 12.0 Å². The van der Waals surface area contributed by atoms with E-state index in [1.165, 1.54) is 6.08 Å². The van der Waals surface area contributed by atoms with Crippen LogP contribution in [-0.4, -0.2) is 54.2 Å². The molecule has 0 aromatic heterocycles. The van der Waals surface area contributed by atoms with Gasteiger partial charge in [0.05, 0.1) is 7.11 Å². The van der Waals surface area contributed by atoms with Crippen molar-refractivity contribution < 1.29 is 19.4 Å². The fourth-order valence-corrected chi connectivity index (χ4v) is 2.23. The number of carbonyl (C=O) groups excluding carboxylic acids is 1. The maximum Gasteiger partial charge on any atom is 0.328 e. The van der Waals surface area contributed by atoms with Gasteiger partial charge in [-0.3, -0.25) is 0 Å². The summed E-state index contributed by atoms with van der Waals surface area (Å²) >= 11 is 0. The number of benzene rings is 1. The number of aliphatic carboxylic acids is 1. The fourth-order valence-electron chi connectivity index (χ4n) is 2.23. The van der Waals surface area contributed by atoms with Crippen LogP contribution in [0, 0.1) is 0 Å². The van der Waals surface area contributed by atoms with Crippen LogP contribution < -0.4 is 4.74 Å². The molecule has 0 spiro atoms. The van der Waals surface area contributed by atoms with Gasteiger partial charge in [-0.2, -0.15) is 0 Å². The molecule has 1 aliphatic rings. The first-order valence-corrected chi connectivity index (χ1v) is 6.59. The van der Waals surface area contributed by atoms with Gasteiger partial charge in [0.1, 0.15) is 5.75 Å². The number of hydrogen-bond donors (Lipinski definition) is 1. The van der Waals surface area contributed by atoms with Crippen LogP contribution in [0.5, 0.6) is 5.75 Å². The Morgan fingerprint density at radius 1 is 1.43 bits per heavy atom. The first-order chi connectivity index (χ1) is 10.0. The molecule has 0 atom stereocenters. The maximum absolute atomic E-state index is 11.9. The Hall–Kier alpha value is -2.50. The van der Waals surface area contributed by atoms with Crippen LogP contribution in [0.15, 0.2) is 24.3 Å². The number of carbonyl (C=O) groups is 2. The van der Waals surface area contributed by atoms with Crippen LogP contribution in [0.3, 0.4) is 0 Å². The molecule has 6 nitrogen and oxygen atoms in total. The van der Waals surface area contributed by atoms with E-state index in [0.717, 1.165) is 17.2 Å². The Morgan fingerprint density at radius 3 is 2.76 bits per heavy atom. The summed E-state index contributed by atoms with van der Waals surface area (Å²) in [6.45, 7) is 1.79. The molecule has 2 rings (SSSR count). The third-order valence-electron chi connectivity index (χ3n) is 3.42. The summed E-state index contributed by atoms with van der Waals surface area (Å²) in [5, 5.41) is 8.74. The summed E-state index contributed by atoms with van der Waals surface area (Å²) in [7, 11) is 3.33. The average Bonchev–Trinajstić information content (AvgIpc) is 2.77. The topological polar surface area (TPSA) is 70.1 Å². The first-order valence-electron chi connectivity index (χ1n) is 6.59. The highest BCUT2D eigenvalue weighted by Gasteiger charge is 2.25. The number of amides is 2. The predicted molar refractivity (Wildman–Crippen MR) is 78.1 cm³/mol. The number of carboxylic acid groups (broad SMARTS) is 1. The second-order valence-corrected chi connectivity index (χ2v) is 4.86.